The fraction of sp³-hybridized carbons (Fsp3) is 0.630. The number of hydrogen-bond donors (Lipinski definition) is 3. The van der Waals surface area contributed by atoms with E-state index in [0.717, 1.165) is 31.2 Å². The van der Waals surface area contributed by atoms with Crippen molar-refractivity contribution in [3.8, 4) is 0 Å². The molecule has 2 fully saturated rings. The van der Waals surface area contributed by atoms with Gasteiger partial charge in [0.1, 0.15) is 18.2 Å². The van der Waals surface area contributed by atoms with Crippen molar-refractivity contribution in [1.82, 2.24) is 25.8 Å². The third-order valence-corrected chi connectivity index (χ3v) is 7.95. The van der Waals surface area contributed by atoms with Crippen molar-refractivity contribution in [2.75, 3.05) is 13.6 Å². The molecule has 0 aromatic heterocycles. The molecule has 2 heterocycles. The van der Waals surface area contributed by atoms with Crippen molar-refractivity contribution < 1.29 is 19.2 Å². The number of aryl methyl sites for hydroxylation is 1. The van der Waals surface area contributed by atoms with Gasteiger partial charge >= 0.3 is 0 Å². The Morgan fingerprint density at radius 1 is 0.972 bits per heavy atom. The summed E-state index contributed by atoms with van der Waals surface area (Å²) < 4.78 is 0. The van der Waals surface area contributed by atoms with E-state index < -0.39 is 24.3 Å². The van der Waals surface area contributed by atoms with Gasteiger partial charge in [-0.25, -0.2) is 0 Å². The van der Waals surface area contributed by atoms with Crippen molar-refractivity contribution >= 4 is 23.6 Å². The molecule has 4 rings (SSSR count). The van der Waals surface area contributed by atoms with Gasteiger partial charge in [-0.2, -0.15) is 0 Å². The van der Waals surface area contributed by atoms with Gasteiger partial charge in [-0.05, 0) is 76.5 Å². The molecule has 2 unspecified atom stereocenters. The van der Waals surface area contributed by atoms with E-state index in [1.54, 1.807) is 23.8 Å². The van der Waals surface area contributed by atoms with Crippen LogP contribution in [0.1, 0.15) is 76.0 Å². The molecule has 196 valence electrons. The molecule has 0 saturated carbocycles. The Hall–Kier alpha value is -2.94. The van der Waals surface area contributed by atoms with Crippen molar-refractivity contribution in [3.05, 3.63) is 35.4 Å². The van der Waals surface area contributed by atoms with Crippen LogP contribution in [0.15, 0.2) is 24.3 Å². The monoisotopic (exact) mass is 497 g/mol. The largest absolute Gasteiger partial charge is 0.347 e. The van der Waals surface area contributed by atoms with Crippen molar-refractivity contribution in [1.29, 1.82) is 0 Å². The van der Waals surface area contributed by atoms with Crippen LogP contribution >= 0.6 is 0 Å². The van der Waals surface area contributed by atoms with Crippen LogP contribution in [0, 0.1) is 0 Å². The normalized spacial score (nSPS) is 27.1. The third-order valence-electron chi connectivity index (χ3n) is 7.95. The van der Waals surface area contributed by atoms with Gasteiger partial charge in [0.25, 0.3) is 0 Å². The number of nitrogens with zero attached hydrogens (tertiary/aromatic N) is 2. The van der Waals surface area contributed by atoms with Crippen LogP contribution in [0.3, 0.4) is 0 Å². The molecule has 1 aromatic carbocycles. The second-order valence-corrected chi connectivity index (χ2v) is 10.3. The highest BCUT2D eigenvalue weighted by atomic mass is 16.2. The maximum absolute atomic E-state index is 13.9. The van der Waals surface area contributed by atoms with E-state index >= 15 is 0 Å². The summed E-state index contributed by atoms with van der Waals surface area (Å²) in [5, 5.41) is 9.02. The molecule has 4 amide bonds. The molecule has 36 heavy (non-hydrogen) atoms. The van der Waals surface area contributed by atoms with Gasteiger partial charge in [0, 0.05) is 13.5 Å². The lowest BCUT2D eigenvalue weighted by Crippen LogP contribution is -2.60. The minimum atomic E-state index is -0.730. The molecule has 1 aliphatic carbocycles. The quantitative estimate of drug-likeness (QED) is 0.573. The minimum absolute atomic E-state index is 0.0926. The zero-order valence-electron chi connectivity index (χ0n) is 21.6. The van der Waals surface area contributed by atoms with Gasteiger partial charge in [-0.15, -0.1) is 0 Å². The number of amides is 4. The Labute approximate surface area is 213 Å². The summed E-state index contributed by atoms with van der Waals surface area (Å²) in [6.45, 7) is 3.78. The maximum Gasteiger partial charge on any atom is 0.247 e. The number of carbonyl (C=O) groups is 4. The number of carbonyl (C=O) groups excluding carboxylic acids is 4. The van der Waals surface area contributed by atoms with Gasteiger partial charge in [-0.3, -0.25) is 19.2 Å². The minimum Gasteiger partial charge on any atom is -0.347 e. The molecule has 9 nitrogen and oxygen atoms in total. The molecule has 0 radical (unpaired) electrons. The topological polar surface area (TPSA) is 111 Å². The van der Waals surface area contributed by atoms with Crippen molar-refractivity contribution in [3.63, 3.8) is 0 Å². The predicted molar refractivity (Wildman–Crippen MR) is 136 cm³/mol. The van der Waals surface area contributed by atoms with E-state index in [0.29, 0.717) is 32.2 Å². The second-order valence-electron chi connectivity index (χ2n) is 10.3. The molecule has 5 atom stereocenters. The lowest BCUT2D eigenvalue weighted by atomic mass is 9.87. The van der Waals surface area contributed by atoms with Gasteiger partial charge < -0.3 is 25.8 Å². The van der Waals surface area contributed by atoms with Crippen LogP contribution in [-0.2, 0) is 25.6 Å². The number of fused-ring (bicyclic) bond motifs is 2. The van der Waals surface area contributed by atoms with Crippen molar-refractivity contribution in [2.24, 2.45) is 0 Å². The Kier molecular flexibility index (Phi) is 8.28. The number of rotatable bonds is 5. The van der Waals surface area contributed by atoms with Crippen LogP contribution < -0.4 is 16.0 Å². The highest BCUT2D eigenvalue weighted by molar-refractivity contribution is 5.94. The lowest BCUT2D eigenvalue weighted by molar-refractivity contribution is -0.150. The molecule has 2 saturated heterocycles. The van der Waals surface area contributed by atoms with Gasteiger partial charge in [0.15, 0.2) is 0 Å². The first-order chi connectivity index (χ1) is 17.3. The Bertz CT molecular complexity index is 998. The number of likely N-dealkylation sites (N-methyl/N-ethyl adjacent to an activating group) is 1. The Balaban J connectivity index is 1.59. The molecule has 3 aliphatic rings. The maximum atomic E-state index is 13.9. The summed E-state index contributed by atoms with van der Waals surface area (Å²) in [6, 6.07) is 6.23. The fourth-order valence-corrected chi connectivity index (χ4v) is 5.84. The molecule has 1 aromatic rings. The molecule has 0 bridgehead atoms. The van der Waals surface area contributed by atoms with E-state index in [4.69, 9.17) is 0 Å². The molecule has 2 aliphatic heterocycles. The molecule has 0 spiro atoms. The van der Waals surface area contributed by atoms with Crippen LogP contribution in [-0.4, -0.2) is 71.3 Å². The number of nitrogens with one attached hydrogen (secondary N) is 3. The van der Waals surface area contributed by atoms with Crippen molar-refractivity contribution in [2.45, 2.75) is 95.5 Å². The standard InChI is InChI=1S/C27H39N5O4/c1-17(28-3)25(34)30-22-12-6-7-16-31(18(2)33)24-15-14-23(32(24)27(22)36)26(35)29-21-13-8-10-19-9-4-5-11-20(19)21/h4-5,9,11,17,21-24,28H,6-8,10,12-16H2,1-3H3,(H,29,35)(H,30,34)/t17-,21-,22-,23?,24?/m0/s1. The number of benzene rings is 1. The molecule has 9 heteroatoms. The summed E-state index contributed by atoms with van der Waals surface area (Å²) in [5.41, 5.74) is 2.39. The van der Waals surface area contributed by atoms with E-state index in [1.165, 1.54) is 12.5 Å². The summed E-state index contributed by atoms with van der Waals surface area (Å²) in [7, 11) is 1.69. The van der Waals surface area contributed by atoms with E-state index in [1.807, 2.05) is 12.1 Å². The molecular formula is C27H39N5O4. The molecule has 3 N–H and O–H groups in total. The first-order valence-corrected chi connectivity index (χ1v) is 13.3. The number of hydrogen-bond acceptors (Lipinski definition) is 5. The Morgan fingerprint density at radius 2 is 1.72 bits per heavy atom. The van der Waals surface area contributed by atoms with Crippen LogP contribution in [0.2, 0.25) is 0 Å². The fourth-order valence-electron chi connectivity index (χ4n) is 5.84. The first kappa shape index (κ1) is 26.1. The van der Waals surface area contributed by atoms with Crippen LogP contribution in [0.25, 0.3) is 0 Å². The SMILES string of the molecule is CN[C@@H](C)C(=O)N[C@H]1CCCCN(C(C)=O)C2CCC(C(=O)N[C@H]3CCCc4ccccc43)N2C1=O. The summed E-state index contributed by atoms with van der Waals surface area (Å²) in [5.74, 6) is -0.837. The summed E-state index contributed by atoms with van der Waals surface area (Å²) in [6.07, 6.45) is 5.29. The lowest BCUT2D eigenvalue weighted by Gasteiger charge is -2.38. The predicted octanol–water partition coefficient (Wildman–Crippen LogP) is 1.62. The average Bonchev–Trinajstić information content (AvgIpc) is 3.32. The summed E-state index contributed by atoms with van der Waals surface area (Å²) >= 11 is 0. The smallest absolute Gasteiger partial charge is 0.247 e. The van der Waals surface area contributed by atoms with E-state index in [9.17, 15) is 19.2 Å². The van der Waals surface area contributed by atoms with E-state index in [-0.39, 0.29) is 29.7 Å². The highest BCUT2D eigenvalue weighted by Crippen LogP contribution is 2.33. The summed E-state index contributed by atoms with van der Waals surface area (Å²) in [4.78, 5) is 56.1. The molecular weight excluding hydrogens is 458 g/mol. The van der Waals surface area contributed by atoms with Gasteiger partial charge in [-0.1, -0.05) is 24.3 Å². The zero-order chi connectivity index (χ0) is 25.8. The zero-order valence-corrected chi connectivity index (χ0v) is 21.6. The highest BCUT2D eigenvalue weighted by Gasteiger charge is 2.47. The van der Waals surface area contributed by atoms with Crippen LogP contribution in [0.5, 0.6) is 0 Å². The van der Waals surface area contributed by atoms with Gasteiger partial charge in [0.2, 0.25) is 23.6 Å². The van der Waals surface area contributed by atoms with E-state index in [2.05, 4.69) is 28.1 Å². The van der Waals surface area contributed by atoms with Crippen LogP contribution in [0.4, 0.5) is 0 Å². The average molecular weight is 498 g/mol. The second kappa shape index (κ2) is 11.4. The first-order valence-electron chi connectivity index (χ1n) is 13.3. The third kappa shape index (κ3) is 5.40. The Morgan fingerprint density at radius 3 is 2.47 bits per heavy atom. The van der Waals surface area contributed by atoms with Gasteiger partial charge in [0.05, 0.1) is 12.1 Å².